The van der Waals surface area contributed by atoms with Crippen molar-refractivity contribution in [3.05, 3.63) is 156 Å². The quantitative estimate of drug-likeness (QED) is 0.188. The Bertz CT molecular complexity index is 2600. The third-order valence-corrected chi connectivity index (χ3v) is 8.61. The lowest BCUT2D eigenvalue weighted by atomic mass is 9.94. The van der Waals surface area contributed by atoms with E-state index in [9.17, 15) is 15.8 Å². The van der Waals surface area contributed by atoms with Crippen LogP contribution in [0.4, 0.5) is 0 Å². The van der Waals surface area contributed by atoms with E-state index in [0.29, 0.717) is 39.9 Å². The van der Waals surface area contributed by atoms with Crippen molar-refractivity contribution in [2.45, 2.75) is 0 Å². The smallest absolute Gasteiger partial charge is 0.238 e. The summed E-state index contributed by atoms with van der Waals surface area (Å²) < 4.78 is 2.01. The molecular formula is C42H23N7. The summed E-state index contributed by atoms with van der Waals surface area (Å²) in [7, 11) is 0. The molecule has 0 unspecified atom stereocenters. The molecule has 2 heterocycles. The normalized spacial score (nSPS) is 10.8. The van der Waals surface area contributed by atoms with Crippen LogP contribution >= 0.6 is 0 Å². The number of hydrogen-bond donors (Lipinski definition) is 0. The van der Waals surface area contributed by atoms with Gasteiger partial charge in [-0.1, -0.05) is 103 Å². The molecule has 0 fully saturated rings. The molecule has 49 heavy (non-hydrogen) atoms. The number of benzene rings is 6. The largest absolute Gasteiger partial charge is 0.278 e. The molecule has 8 aromatic rings. The fourth-order valence-electron chi connectivity index (χ4n) is 6.34. The van der Waals surface area contributed by atoms with E-state index in [-0.39, 0.29) is 0 Å². The van der Waals surface area contributed by atoms with E-state index in [0.717, 1.165) is 49.6 Å². The molecule has 226 valence electrons. The predicted molar refractivity (Wildman–Crippen MR) is 190 cm³/mol. The van der Waals surface area contributed by atoms with Crippen LogP contribution in [0.25, 0.3) is 72.8 Å². The van der Waals surface area contributed by atoms with Crippen LogP contribution in [-0.4, -0.2) is 19.5 Å². The summed E-state index contributed by atoms with van der Waals surface area (Å²) in [6.45, 7) is 0. The van der Waals surface area contributed by atoms with Gasteiger partial charge in [0, 0.05) is 27.5 Å². The Balaban J connectivity index is 1.47. The third kappa shape index (κ3) is 5.04. The minimum absolute atomic E-state index is 0.411. The average Bonchev–Trinajstić information content (AvgIpc) is 3.50. The lowest BCUT2D eigenvalue weighted by Gasteiger charge is -2.12. The van der Waals surface area contributed by atoms with Crippen LogP contribution < -0.4 is 0 Å². The maximum absolute atomic E-state index is 10.0. The highest BCUT2D eigenvalue weighted by atomic mass is 15.2. The van der Waals surface area contributed by atoms with Gasteiger partial charge in [0.05, 0.1) is 45.9 Å². The molecule has 0 aliphatic rings. The average molecular weight is 626 g/mol. The number of aromatic nitrogens is 4. The Morgan fingerprint density at radius 1 is 0.429 bits per heavy atom. The van der Waals surface area contributed by atoms with Crippen LogP contribution in [0.5, 0.6) is 0 Å². The van der Waals surface area contributed by atoms with Crippen molar-refractivity contribution in [1.82, 2.24) is 19.5 Å². The fourth-order valence-corrected chi connectivity index (χ4v) is 6.34. The van der Waals surface area contributed by atoms with E-state index >= 15 is 0 Å². The molecule has 0 N–H and O–H groups in total. The van der Waals surface area contributed by atoms with Crippen LogP contribution in [0.1, 0.15) is 16.7 Å². The molecule has 6 aromatic carbocycles. The monoisotopic (exact) mass is 625 g/mol. The first kappa shape index (κ1) is 29.0. The van der Waals surface area contributed by atoms with Gasteiger partial charge in [-0.05, 0) is 53.1 Å². The Kier molecular flexibility index (Phi) is 7.16. The van der Waals surface area contributed by atoms with E-state index in [2.05, 4.69) is 24.3 Å². The van der Waals surface area contributed by atoms with Crippen molar-refractivity contribution in [1.29, 1.82) is 15.8 Å². The molecular weight excluding hydrogens is 603 g/mol. The Hall–Kier alpha value is -7.40. The molecule has 2 aromatic heterocycles. The van der Waals surface area contributed by atoms with Gasteiger partial charge in [-0.25, -0.2) is 4.98 Å². The Morgan fingerprint density at radius 2 is 1.00 bits per heavy atom. The topological polar surface area (TPSA) is 115 Å². The van der Waals surface area contributed by atoms with Crippen molar-refractivity contribution in [2.75, 3.05) is 0 Å². The first-order valence-electron chi connectivity index (χ1n) is 15.6. The highest BCUT2D eigenvalue weighted by Crippen LogP contribution is 2.38. The van der Waals surface area contributed by atoms with Gasteiger partial charge in [-0.15, -0.1) is 0 Å². The van der Waals surface area contributed by atoms with E-state index in [4.69, 9.17) is 15.0 Å². The zero-order chi connectivity index (χ0) is 33.3. The maximum atomic E-state index is 10.0. The van der Waals surface area contributed by atoms with Gasteiger partial charge >= 0.3 is 0 Å². The van der Waals surface area contributed by atoms with Crippen LogP contribution in [0.2, 0.25) is 0 Å². The molecule has 8 rings (SSSR count). The number of rotatable bonds is 5. The third-order valence-electron chi connectivity index (χ3n) is 8.61. The number of nitriles is 3. The van der Waals surface area contributed by atoms with Gasteiger partial charge < -0.3 is 0 Å². The van der Waals surface area contributed by atoms with Gasteiger partial charge in [0.1, 0.15) is 0 Å². The second kappa shape index (κ2) is 12.1. The van der Waals surface area contributed by atoms with Gasteiger partial charge in [0.2, 0.25) is 5.95 Å². The van der Waals surface area contributed by atoms with Crippen molar-refractivity contribution in [2.24, 2.45) is 0 Å². The second-order valence-corrected chi connectivity index (χ2v) is 11.4. The standard InChI is InChI=1S/C42H23N7/c43-24-31-14-7-8-17-34(31)29-19-21-37-36(22-29)35-20-18-30(39-32(25-44)15-9-16-33(39)26-45)23-38(35)49(37)42-47-40(27-10-3-1-4-11-27)46-41(48-42)28-12-5-2-6-13-28/h1-23H. The van der Waals surface area contributed by atoms with Crippen molar-refractivity contribution < 1.29 is 0 Å². The Morgan fingerprint density at radius 3 is 1.63 bits per heavy atom. The van der Waals surface area contributed by atoms with Gasteiger partial charge in [-0.2, -0.15) is 25.8 Å². The molecule has 0 bridgehead atoms. The summed E-state index contributed by atoms with van der Waals surface area (Å²) in [5.74, 6) is 1.47. The van der Waals surface area contributed by atoms with Gasteiger partial charge in [-0.3, -0.25) is 4.57 Å². The van der Waals surface area contributed by atoms with E-state index in [1.54, 1.807) is 18.2 Å². The second-order valence-electron chi connectivity index (χ2n) is 11.4. The molecule has 0 aliphatic carbocycles. The SMILES string of the molecule is N#Cc1ccccc1-c1ccc2c(c1)c1ccc(-c3c(C#N)cccc3C#N)cc1n2-c1nc(-c2ccccc2)nc(-c2ccccc2)n1. The fraction of sp³-hybridized carbons (Fsp3) is 0. The molecule has 0 saturated carbocycles. The molecule has 0 saturated heterocycles. The molecule has 7 nitrogen and oxygen atoms in total. The molecule has 0 radical (unpaired) electrons. The summed E-state index contributed by atoms with van der Waals surface area (Å²) in [5.41, 5.74) is 7.78. The summed E-state index contributed by atoms with van der Waals surface area (Å²) >= 11 is 0. The van der Waals surface area contributed by atoms with E-state index in [1.807, 2.05) is 120 Å². The number of hydrogen-bond acceptors (Lipinski definition) is 6. The van der Waals surface area contributed by atoms with Crippen LogP contribution in [0.3, 0.4) is 0 Å². The van der Waals surface area contributed by atoms with Crippen molar-refractivity contribution in [3.63, 3.8) is 0 Å². The molecule has 0 amide bonds. The zero-order valence-corrected chi connectivity index (χ0v) is 25.9. The minimum atomic E-state index is 0.411. The highest BCUT2D eigenvalue weighted by Gasteiger charge is 2.21. The minimum Gasteiger partial charge on any atom is -0.278 e. The number of nitrogens with zero attached hydrogens (tertiary/aromatic N) is 7. The zero-order valence-electron chi connectivity index (χ0n) is 25.9. The lowest BCUT2D eigenvalue weighted by Crippen LogP contribution is -2.06. The summed E-state index contributed by atoms with van der Waals surface area (Å²) in [6, 6.07) is 51.2. The first-order valence-corrected chi connectivity index (χ1v) is 15.6. The van der Waals surface area contributed by atoms with Gasteiger partial charge in [0.25, 0.3) is 0 Å². The summed E-state index contributed by atoms with van der Waals surface area (Å²) in [6.07, 6.45) is 0. The molecule has 7 heteroatoms. The predicted octanol–water partition coefficient (Wildman–Crippen LogP) is 9.25. The molecule has 0 spiro atoms. The van der Waals surface area contributed by atoms with E-state index < -0.39 is 0 Å². The van der Waals surface area contributed by atoms with Crippen molar-refractivity contribution in [3.8, 4) is 69.2 Å². The lowest BCUT2D eigenvalue weighted by molar-refractivity contribution is 0.953. The van der Waals surface area contributed by atoms with Crippen LogP contribution in [0, 0.1) is 34.0 Å². The van der Waals surface area contributed by atoms with Gasteiger partial charge in [0.15, 0.2) is 11.6 Å². The maximum Gasteiger partial charge on any atom is 0.238 e. The van der Waals surface area contributed by atoms with Crippen molar-refractivity contribution >= 4 is 21.8 Å². The van der Waals surface area contributed by atoms with Crippen LogP contribution in [0.15, 0.2) is 140 Å². The first-order chi connectivity index (χ1) is 24.2. The molecule has 0 aliphatic heterocycles. The van der Waals surface area contributed by atoms with E-state index in [1.165, 1.54) is 0 Å². The molecule has 0 atom stereocenters. The highest BCUT2D eigenvalue weighted by molar-refractivity contribution is 6.11. The number of fused-ring (bicyclic) bond motifs is 3. The Labute approximate surface area is 281 Å². The summed E-state index contributed by atoms with van der Waals surface area (Å²) in [4.78, 5) is 15.0. The summed E-state index contributed by atoms with van der Waals surface area (Å²) in [5, 5.41) is 31.7. The van der Waals surface area contributed by atoms with Crippen LogP contribution in [-0.2, 0) is 0 Å².